The van der Waals surface area contributed by atoms with Crippen LogP contribution in [0.4, 0.5) is 11.4 Å². The highest BCUT2D eigenvalue weighted by Crippen LogP contribution is 2.25. The molecule has 0 radical (unpaired) electrons. The summed E-state index contributed by atoms with van der Waals surface area (Å²) in [5.41, 5.74) is 2.51. The number of carbonyl (C=O) groups is 1. The summed E-state index contributed by atoms with van der Waals surface area (Å²) in [5, 5.41) is 13.5. The van der Waals surface area contributed by atoms with E-state index in [1.807, 2.05) is 42.5 Å². The summed E-state index contributed by atoms with van der Waals surface area (Å²) in [5.74, 6) is 0.573. The number of thioether (sulfide) groups is 1. The summed E-state index contributed by atoms with van der Waals surface area (Å²) < 4.78 is 0. The van der Waals surface area contributed by atoms with Crippen LogP contribution >= 0.6 is 11.8 Å². The van der Waals surface area contributed by atoms with Crippen molar-refractivity contribution in [1.29, 1.82) is 0 Å². The van der Waals surface area contributed by atoms with Gasteiger partial charge in [0.25, 0.3) is 11.6 Å². The van der Waals surface area contributed by atoms with Gasteiger partial charge < -0.3 is 5.32 Å². The number of para-hydroxylation sites is 1. The quantitative estimate of drug-likeness (QED) is 0.373. The summed E-state index contributed by atoms with van der Waals surface area (Å²) in [4.78, 5) is 23.4. The average Bonchev–Trinajstić information content (AvgIpc) is 2.68. The number of amides is 1. The Balaban J connectivity index is 1.57. The fraction of sp³-hybridized carbons (Fsp3) is 0.0500. The summed E-state index contributed by atoms with van der Waals surface area (Å²) in [6.07, 6.45) is 0. The van der Waals surface area contributed by atoms with Gasteiger partial charge in [0.2, 0.25) is 0 Å². The third kappa shape index (κ3) is 4.70. The van der Waals surface area contributed by atoms with Crippen molar-refractivity contribution in [2.75, 3.05) is 5.32 Å². The van der Waals surface area contributed by atoms with E-state index in [1.165, 1.54) is 12.1 Å². The lowest BCUT2D eigenvalue weighted by atomic mass is 10.1. The third-order valence-electron chi connectivity index (χ3n) is 3.70. The van der Waals surface area contributed by atoms with Crippen molar-refractivity contribution in [3.8, 4) is 0 Å². The Bertz CT molecular complexity index is 895. The van der Waals surface area contributed by atoms with Crippen LogP contribution in [-0.2, 0) is 5.75 Å². The van der Waals surface area contributed by atoms with Crippen LogP contribution in [0.5, 0.6) is 0 Å². The highest BCUT2D eigenvalue weighted by molar-refractivity contribution is 7.98. The second-order valence-electron chi connectivity index (χ2n) is 5.56. The minimum atomic E-state index is -0.409. The molecule has 0 aliphatic carbocycles. The summed E-state index contributed by atoms with van der Waals surface area (Å²) in [7, 11) is 0. The molecular weight excluding hydrogens is 348 g/mol. The van der Waals surface area contributed by atoms with E-state index in [9.17, 15) is 14.9 Å². The number of hydrogen-bond acceptors (Lipinski definition) is 4. The van der Waals surface area contributed by atoms with Gasteiger partial charge in [-0.3, -0.25) is 14.9 Å². The second-order valence-corrected chi connectivity index (χ2v) is 6.61. The lowest BCUT2D eigenvalue weighted by Gasteiger charge is -2.06. The minimum Gasteiger partial charge on any atom is -0.322 e. The molecule has 6 heteroatoms. The van der Waals surface area contributed by atoms with Crippen LogP contribution in [-0.4, -0.2) is 10.8 Å². The molecule has 0 unspecified atom stereocenters. The van der Waals surface area contributed by atoms with E-state index < -0.39 is 4.92 Å². The number of nitro benzene ring substituents is 1. The lowest BCUT2D eigenvalue weighted by Crippen LogP contribution is -2.11. The maximum Gasteiger partial charge on any atom is 0.269 e. The molecule has 0 atom stereocenters. The van der Waals surface area contributed by atoms with Crippen LogP contribution in [0.15, 0.2) is 83.8 Å². The Morgan fingerprint density at radius 3 is 2.19 bits per heavy atom. The van der Waals surface area contributed by atoms with Gasteiger partial charge in [-0.2, -0.15) is 0 Å². The van der Waals surface area contributed by atoms with Gasteiger partial charge in [0, 0.05) is 34.0 Å². The first kappa shape index (κ1) is 17.7. The van der Waals surface area contributed by atoms with E-state index in [0.717, 1.165) is 21.9 Å². The molecule has 3 aromatic carbocycles. The molecule has 0 saturated heterocycles. The molecule has 0 bridgehead atoms. The molecule has 130 valence electrons. The van der Waals surface area contributed by atoms with Gasteiger partial charge in [-0.25, -0.2) is 0 Å². The number of nitrogens with zero attached hydrogens (tertiary/aromatic N) is 1. The first-order chi connectivity index (χ1) is 12.6. The molecule has 3 rings (SSSR count). The Hall–Kier alpha value is -3.12. The van der Waals surface area contributed by atoms with Crippen LogP contribution in [0.25, 0.3) is 0 Å². The van der Waals surface area contributed by atoms with Crippen molar-refractivity contribution in [3.05, 3.63) is 100 Å². The number of nitrogens with one attached hydrogen (secondary N) is 1. The average molecular weight is 364 g/mol. The topological polar surface area (TPSA) is 72.2 Å². The van der Waals surface area contributed by atoms with Crippen molar-refractivity contribution < 1.29 is 9.72 Å². The predicted molar refractivity (Wildman–Crippen MR) is 103 cm³/mol. The molecule has 1 amide bonds. The van der Waals surface area contributed by atoms with E-state index in [2.05, 4.69) is 5.32 Å². The second kappa shape index (κ2) is 8.31. The van der Waals surface area contributed by atoms with Crippen molar-refractivity contribution in [2.24, 2.45) is 0 Å². The maximum absolute atomic E-state index is 12.2. The number of rotatable bonds is 6. The van der Waals surface area contributed by atoms with Crippen molar-refractivity contribution >= 4 is 29.0 Å². The molecular formula is C20H16N2O3S. The van der Waals surface area contributed by atoms with Crippen LogP contribution < -0.4 is 5.32 Å². The first-order valence-corrected chi connectivity index (χ1v) is 8.93. The van der Waals surface area contributed by atoms with E-state index in [1.54, 1.807) is 36.0 Å². The molecule has 0 spiro atoms. The van der Waals surface area contributed by atoms with Crippen LogP contribution in [0.1, 0.15) is 15.9 Å². The van der Waals surface area contributed by atoms with Crippen LogP contribution in [0.2, 0.25) is 0 Å². The number of anilines is 1. The standard InChI is InChI=1S/C20H16N2O3S/c23-20(21-17-4-2-1-3-5-17)16-8-6-15(7-9-16)14-26-19-12-10-18(11-13-19)22(24)25/h1-13H,14H2,(H,21,23). The van der Waals surface area contributed by atoms with E-state index in [-0.39, 0.29) is 11.6 Å². The number of carbonyl (C=O) groups excluding carboxylic acids is 1. The largest absolute Gasteiger partial charge is 0.322 e. The van der Waals surface area contributed by atoms with Gasteiger partial charge in [0.05, 0.1) is 4.92 Å². The van der Waals surface area contributed by atoms with Gasteiger partial charge in [0.1, 0.15) is 0 Å². The van der Waals surface area contributed by atoms with Crippen molar-refractivity contribution in [3.63, 3.8) is 0 Å². The molecule has 0 aromatic heterocycles. The molecule has 3 aromatic rings. The first-order valence-electron chi connectivity index (χ1n) is 7.94. The highest BCUT2D eigenvalue weighted by atomic mass is 32.2. The zero-order valence-corrected chi connectivity index (χ0v) is 14.6. The summed E-state index contributed by atoms with van der Waals surface area (Å²) >= 11 is 1.59. The smallest absolute Gasteiger partial charge is 0.269 e. The van der Waals surface area contributed by atoms with E-state index in [0.29, 0.717) is 5.56 Å². The molecule has 0 fully saturated rings. The van der Waals surface area contributed by atoms with Gasteiger partial charge in [-0.1, -0.05) is 30.3 Å². The minimum absolute atomic E-state index is 0.0862. The SMILES string of the molecule is O=C(Nc1ccccc1)c1ccc(CSc2ccc([N+](=O)[O-])cc2)cc1. The molecule has 0 heterocycles. The van der Waals surface area contributed by atoms with Gasteiger partial charge in [-0.05, 0) is 42.0 Å². The predicted octanol–water partition coefficient (Wildman–Crippen LogP) is 5.14. The molecule has 0 saturated carbocycles. The van der Waals surface area contributed by atoms with E-state index >= 15 is 0 Å². The van der Waals surface area contributed by atoms with Gasteiger partial charge >= 0.3 is 0 Å². The zero-order chi connectivity index (χ0) is 18.4. The van der Waals surface area contributed by atoms with Gasteiger partial charge in [0.15, 0.2) is 0 Å². The number of benzene rings is 3. The number of nitro groups is 1. The Morgan fingerprint density at radius 1 is 0.923 bits per heavy atom. The highest BCUT2D eigenvalue weighted by Gasteiger charge is 2.07. The molecule has 0 aliphatic rings. The van der Waals surface area contributed by atoms with Crippen LogP contribution in [0, 0.1) is 10.1 Å². The normalized spacial score (nSPS) is 10.3. The zero-order valence-electron chi connectivity index (χ0n) is 13.8. The van der Waals surface area contributed by atoms with E-state index in [4.69, 9.17) is 0 Å². The number of hydrogen-bond donors (Lipinski definition) is 1. The Labute approximate surface area is 155 Å². The maximum atomic E-state index is 12.2. The van der Waals surface area contributed by atoms with Gasteiger partial charge in [-0.15, -0.1) is 11.8 Å². The monoisotopic (exact) mass is 364 g/mol. The van der Waals surface area contributed by atoms with Crippen LogP contribution in [0.3, 0.4) is 0 Å². The van der Waals surface area contributed by atoms with Crippen molar-refractivity contribution in [2.45, 2.75) is 10.6 Å². The summed E-state index contributed by atoms with van der Waals surface area (Å²) in [6, 6.07) is 23.2. The molecule has 26 heavy (non-hydrogen) atoms. The lowest BCUT2D eigenvalue weighted by molar-refractivity contribution is -0.384. The fourth-order valence-corrected chi connectivity index (χ4v) is 3.16. The van der Waals surface area contributed by atoms with Crippen molar-refractivity contribution in [1.82, 2.24) is 0 Å². The third-order valence-corrected chi connectivity index (χ3v) is 4.78. The summed E-state index contributed by atoms with van der Waals surface area (Å²) in [6.45, 7) is 0. The fourth-order valence-electron chi connectivity index (χ4n) is 2.31. The molecule has 5 nitrogen and oxygen atoms in total. The molecule has 0 aliphatic heterocycles. The Kier molecular flexibility index (Phi) is 5.66. The Morgan fingerprint density at radius 2 is 1.58 bits per heavy atom. The number of non-ortho nitro benzene ring substituents is 1. The molecule has 1 N–H and O–H groups in total.